The Balaban J connectivity index is 1.78. The van der Waals surface area contributed by atoms with Gasteiger partial charge in [0, 0.05) is 25.2 Å². The minimum absolute atomic E-state index is 0.115. The monoisotopic (exact) mass is 285 g/mol. The number of quaternary nitrogens is 2. The maximum absolute atomic E-state index is 12.4. The highest BCUT2D eigenvalue weighted by molar-refractivity contribution is 5.82. The molecule has 2 rings (SSSR count). The van der Waals surface area contributed by atoms with E-state index in [0.29, 0.717) is 31.2 Å². The van der Waals surface area contributed by atoms with Gasteiger partial charge in [-0.05, 0) is 32.1 Å². The Labute approximate surface area is 121 Å². The quantitative estimate of drug-likeness (QED) is 0.615. The first-order chi connectivity index (χ1) is 9.47. The summed E-state index contributed by atoms with van der Waals surface area (Å²) >= 11 is 0. The lowest BCUT2D eigenvalue weighted by Crippen LogP contribution is -3.17. The van der Waals surface area contributed by atoms with Crippen molar-refractivity contribution in [3.05, 3.63) is 5.21 Å². The van der Waals surface area contributed by atoms with Crippen LogP contribution in [0.5, 0.6) is 0 Å². The minimum atomic E-state index is -0.694. The van der Waals surface area contributed by atoms with Crippen molar-refractivity contribution in [1.82, 2.24) is 0 Å². The number of rotatable bonds is 4. The predicted octanol–water partition coefficient (Wildman–Crippen LogP) is -0.410. The highest BCUT2D eigenvalue weighted by Crippen LogP contribution is 2.23. The molecule has 1 aliphatic carbocycles. The third-order valence-corrected chi connectivity index (χ3v) is 5.34. The number of carbonyl (C=O) groups is 1. The molecule has 1 heterocycles. The van der Waals surface area contributed by atoms with Gasteiger partial charge in [0.05, 0.1) is 12.6 Å². The molecule has 0 bridgehead atoms. The maximum Gasteiger partial charge on any atom is 0.189 e. The summed E-state index contributed by atoms with van der Waals surface area (Å²) in [5, 5.41) is 19.2. The molecule has 0 aromatic rings. The zero-order valence-corrected chi connectivity index (χ0v) is 12.7. The largest absolute Gasteiger partial charge is 0.600 e. The average molecular weight is 285 g/mol. The second-order valence-corrected chi connectivity index (χ2v) is 6.97. The van der Waals surface area contributed by atoms with E-state index in [1.807, 2.05) is 0 Å². The second kappa shape index (κ2) is 6.98. The molecule has 4 unspecified atom stereocenters. The van der Waals surface area contributed by atoms with Crippen LogP contribution in [0.25, 0.3) is 0 Å². The Bertz CT molecular complexity index is 327. The summed E-state index contributed by atoms with van der Waals surface area (Å²) in [6.45, 7) is 6.30. The fourth-order valence-corrected chi connectivity index (χ4v) is 3.86. The number of hydrogen-bond acceptors (Lipinski definition) is 3. The van der Waals surface area contributed by atoms with Crippen molar-refractivity contribution >= 4 is 5.78 Å². The lowest BCUT2D eigenvalue weighted by molar-refractivity contribution is -1.07. The van der Waals surface area contributed by atoms with E-state index in [1.165, 1.54) is 17.7 Å². The van der Waals surface area contributed by atoms with Crippen LogP contribution in [-0.4, -0.2) is 36.2 Å². The van der Waals surface area contributed by atoms with Gasteiger partial charge in [-0.3, -0.25) is 4.79 Å². The fraction of sp³-hybridized carbons (Fsp3) is 0.933. The first kappa shape index (κ1) is 15.9. The Hall–Kier alpha value is -0.490. The van der Waals surface area contributed by atoms with Gasteiger partial charge < -0.3 is 10.1 Å². The average Bonchev–Trinajstić information content (AvgIpc) is 2.42. The van der Waals surface area contributed by atoms with E-state index in [2.05, 4.69) is 13.8 Å². The molecule has 1 saturated heterocycles. The summed E-state index contributed by atoms with van der Waals surface area (Å²) in [5.41, 5.74) is 0. The van der Waals surface area contributed by atoms with Crippen LogP contribution >= 0.6 is 0 Å². The molecule has 0 amide bonds. The van der Waals surface area contributed by atoms with Crippen molar-refractivity contribution in [2.75, 3.05) is 13.1 Å². The summed E-state index contributed by atoms with van der Waals surface area (Å²) in [7, 11) is 0. The Kier molecular flexibility index (Phi) is 5.55. The first-order valence-electron chi connectivity index (χ1n) is 8.07. The van der Waals surface area contributed by atoms with E-state index < -0.39 is 5.23 Å². The summed E-state index contributed by atoms with van der Waals surface area (Å²) in [5.74, 6) is 1.27. The normalized spacial score (nSPS) is 40.3. The highest BCUT2D eigenvalue weighted by Gasteiger charge is 2.33. The second-order valence-electron chi connectivity index (χ2n) is 6.97. The van der Waals surface area contributed by atoms with E-state index >= 15 is 0 Å². The Morgan fingerprint density at radius 2 is 1.90 bits per heavy atom. The smallest absolute Gasteiger partial charge is 0.189 e. The van der Waals surface area contributed by atoms with Gasteiger partial charge in [0.25, 0.3) is 0 Å². The van der Waals surface area contributed by atoms with Gasteiger partial charge in [-0.15, -0.1) is 0 Å². The molecule has 20 heavy (non-hydrogen) atoms. The van der Waals surface area contributed by atoms with Crippen molar-refractivity contribution < 1.29 is 20.1 Å². The first-order valence-corrected chi connectivity index (χ1v) is 8.07. The Morgan fingerprint density at radius 3 is 2.45 bits per heavy atom. The SMILES string of the molecule is CC1CC[NH+](CC(=O)C2CCC([NH+]([O-])O)CC2)C(C)C1. The molecule has 0 spiro atoms. The van der Waals surface area contributed by atoms with Crippen LogP contribution in [0.3, 0.4) is 0 Å². The van der Waals surface area contributed by atoms with Gasteiger partial charge in [-0.1, -0.05) is 6.92 Å². The van der Waals surface area contributed by atoms with Crippen LogP contribution in [0.1, 0.15) is 52.4 Å². The molecular formula is C15H29N2O3+. The van der Waals surface area contributed by atoms with Gasteiger partial charge in [-0.25, -0.2) is 10.4 Å². The highest BCUT2D eigenvalue weighted by atomic mass is 16.8. The third-order valence-electron chi connectivity index (χ3n) is 5.34. The molecule has 2 fully saturated rings. The molecule has 3 N–H and O–H groups in total. The molecule has 0 radical (unpaired) electrons. The van der Waals surface area contributed by atoms with Gasteiger partial charge in [0.1, 0.15) is 12.6 Å². The van der Waals surface area contributed by atoms with Crippen molar-refractivity contribution in [3.63, 3.8) is 0 Å². The topological polar surface area (TPSA) is 69.2 Å². The van der Waals surface area contributed by atoms with Crippen LogP contribution in [0.4, 0.5) is 0 Å². The third kappa shape index (κ3) is 4.01. The lowest BCUT2D eigenvalue weighted by atomic mass is 9.83. The number of likely N-dealkylation sites (tertiary alicyclic amines) is 1. The van der Waals surface area contributed by atoms with Crippen molar-refractivity contribution in [2.24, 2.45) is 11.8 Å². The summed E-state index contributed by atoms with van der Waals surface area (Å²) in [6, 6.07) is 0.360. The molecular weight excluding hydrogens is 256 g/mol. The summed E-state index contributed by atoms with van der Waals surface area (Å²) in [6.07, 6.45) is 5.33. The molecule has 1 saturated carbocycles. The van der Waals surface area contributed by atoms with Crippen molar-refractivity contribution in [3.8, 4) is 0 Å². The van der Waals surface area contributed by atoms with Gasteiger partial charge in [0.15, 0.2) is 5.78 Å². The van der Waals surface area contributed by atoms with Crippen LogP contribution in [-0.2, 0) is 4.79 Å². The van der Waals surface area contributed by atoms with Crippen molar-refractivity contribution in [2.45, 2.75) is 64.5 Å². The van der Waals surface area contributed by atoms with Gasteiger partial charge in [-0.2, -0.15) is 0 Å². The molecule has 5 nitrogen and oxygen atoms in total. The number of hydrogen-bond donors (Lipinski definition) is 3. The predicted molar refractivity (Wildman–Crippen MR) is 75.4 cm³/mol. The number of hydroxylamine groups is 2. The molecule has 5 heteroatoms. The van der Waals surface area contributed by atoms with E-state index in [0.717, 1.165) is 25.3 Å². The number of carbonyl (C=O) groups excluding carboxylic acids is 1. The summed E-state index contributed by atoms with van der Waals surface area (Å²) < 4.78 is 0. The molecule has 0 aromatic carbocycles. The standard InChI is InChI=1S/C15H28N2O3/c1-11-7-8-16(12(2)9-11)10-15(18)13-3-5-14(6-4-13)17(19)20/h11-14,17,19H,3-10H2,1-2H3/p+1. The number of piperidine rings is 1. The molecule has 0 aromatic heterocycles. The van der Waals surface area contributed by atoms with Crippen LogP contribution in [0, 0.1) is 17.0 Å². The number of Topliss-reactive ketones (excluding diaryl/α,β-unsaturated/α-hetero) is 1. The fourth-order valence-electron chi connectivity index (χ4n) is 3.86. The number of nitrogens with one attached hydrogen (secondary N) is 2. The van der Waals surface area contributed by atoms with E-state index in [9.17, 15) is 10.0 Å². The van der Waals surface area contributed by atoms with E-state index in [4.69, 9.17) is 5.21 Å². The molecule has 1 aliphatic heterocycles. The Morgan fingerprint density at radius 1 is 1.25 bits per heavy atom. The van der Waals surface area contributed by atoms with Crippen molar-refractivity contribution in [1.29, 1.82) is 0 Å². The van der Waals surface area contributed by atoms with Crippen LogP contribution in [0.2, 0.25) is 0 Å². The number of ketones is 1. The van der Waals surface area contributed by atoms with Crippen LogP contribution < -0.4 is 10.1 Å². The minimum Gasteiger partial charge on any atom is -0.600 e. The lowest BCUT2D eigenvalue weighted by Gasteiger charge is -2.35. The van der Waals surface area contributed by atoms with E-state index in [-0.39, 0.29) is 12.0 Å². The molecule has 4 atom stereocenters. The summed E-state index contributed by atoms with van der Waals surface area (Å²) in [4.78, 5) is 13.8. The van der Waals surface area contributed by atoms with Crippen LogP contribution in [0.15, 0.2) is 0 Å². The molecule has 116 valence electrons. The zero-order chi connectivity index (χ0) is 14.7. The van der Waals surface area contributed by atoms with Gasteiger partial charge in [0.2, 0.25) is 0 Å². The van der Waals surface area contributed by atoms with E-state index in [1.54, 1.807) is 0 Å². The zero-order valence-electron chi connectivity index (χ0n) is 12.7. The maximum atomic E-state index is 12.4. The molecule has 2 aliphatic rings. The van der Waals surface area contributed by atoms with Gasteiger partial charge >= 0.3 is 0 Å².